The van der Waals surface area contributed by atoms with Crippen LogP contribution in [0.3, 0.4) is 0 Å². The number of carbonyl (C=O) groups is 2. The molecule has 0 saturated carbocycles. The molecule has 35 heavy (non-hydrogen) atoms. The van der Waals surface area contributed by atoms with Crippen LogP contribution in [-0.2, 0) is 28.5 Å². The SMILES string of the molecule is CCCCCCCC/C=C\CCCCCCCC(=O)OC1=C(O)C(=O)OC1C1COC(C)(C)O1.[CaH2]. The van der Waals surface area contributed by atoms with E-state index in [1.807, 2.05) is 0 Å². The van der Waals surface area contributed by atoms with Crippen LogP contribution in [0.5, 0.6) is 0 Å². The van der Waals surface area contributed by atoms with Crippen LogP contribution in [-0.4, -0.2) is 79.4 Å². The van der Waals surface area contributed by atoms with E-state index in [1.165, 1.54) is 51.4 Å². The van der Waals surface area contributed by atoms with Crippen molar-refractivity contribution in [2.45, 2.75) is 129 Å². The van der Waals surface area contributed by atoms with E-state index in [4.69, 9.17) is 18.9 Å². The van der Waals surface area contributed by atoms with Crippen LogP contribution in [0.25, 0.3) is 0 Å². The maximum atomic E-state index is 12.3. The number of esters is 2. The molecule has 2 rings (SSSR count). The van der Waals surface area contributed by atoms with Gasteiger partial charge in [-0.25, -0.2) is 4.79 Å². The van der Waals surface area contributed by atoms with Gasteiger partial charge in [0.2, 0.25) is 11.5 Å². The van der Waals surface area contributed by atoms with E-state index in [0.29, 0.717) is 6.42 Å². The van der Waals surface area contributed by atoms with Crippen LogP contribution < -0.4 is 0 Å². The molecule has 0 aromatic heterocycles. The number of hydrogen-bond donors (Lipinski definition) is 1. The summed E-state index contributed by atoms with van der Waals surface area (Å²) in [6.07, 6.45) is 18.6. The van der Waals surface area contributed by atoms with E-state index in [1.54, 1.807) is 13.8 Å². The molecule has 2 heterocycles. The van der Waals surface area contributed by atoms with Gasteiger partial charge in [0.1, 0.15) is 6.10 Å². The van der Waals surface area contributed by atoms with Gasteiger partial charge >= 0.3 is 49.7 Å². The van der Waals surface area contributed by atoms with Gasteiger partial charge in [0.15, 0.2) is 11.9 Å². The standard InChI is InChI=1S/C27H44O7.Ca.2H/c1-4-5-6-7-8-9-10-11-12-13-14-15-16-17-18-19-22(28)32-25-23(29)26(30)33-24(25)21-20-31-27(2,3)34-21;;;/h11-12,21,24,29H,4-10,13-20H2,1-3H3;;;/b12-11-;;;. The molecule has 2 aliphatic rings. The molecule has 1 fully saturated rings. The second-order valence-corrected chi connectivity index (χ2v) is 9.71. The molecular formula is C27H46CaO7. The van der Waals surface area contributed by atoms with Crippen LogP contribution in [0.2, 0.25) is 0 Å². The number of aliphatic hydroxyl groups excluding tert-OH is 1. The molecule has 0 bridgehead atoms. The molecule has 2 unspecified atom stereocenters. The minimum atomic E-state index is -0.979. The second kappa shape index (κ2) is 17.8. The topological polar surface area (TPSA) is 91.3 Å². The Hall–Kier alpha value is -0.600. The van der Waals surface area contributed by atoms with Gasteiger partial charge in [-0.1, -0.05) is 70.4 Å². The Morgan fingerprint density at radius 3 is 2.14 bits per heavy atom. The van der Waals surface area contributed by atoms with Gasteiger partial charge in [-0.3, -0.25) is 4.79 Å². The van der Waals surface area contributed by atoms with Crippen molar-refractivity contribution >= 4 is 49.7 Å². The van der Waals surface area contributed by atoms with Crippen molar-refractivity contribution in [1.82, 2.24) is 0 Å². The Morgan fingerprint density at radius 1 is 1.00 bits per heavy atom. The second-order valence-electron chi connectivity index (χ2n) is 9.71. The summed E-state index contributed by atoms with van der Waals surface area (Å²) in [4.78, 5) is 24.0. The number of allylic oxidation sites excluding steroid dienone is 2. The third kappa shape index (κ3) is 12.5. The number of unbranched alkanes of at least 4 members (excludes halogenated alkanes) is 11. The zero-order valence-electron chi connectivity index (χ0n) is 21.3. The van der Waals surface area contributed by atoms with E-state index < -0.39 is 35.7 Å². The van der Waals surface area contributed by atoms with Crippen LogP contribution in [0.1, 0.15) is 111 Å². The van der Waals surface area contributed by atoms with Gasteiger partial charge in [-0.2, -0.15) is 0 Å². The molecule has 2 atom stereocenters. The third-order valence-corrected chi connectivity index (χ3v) is 6.15. The number of cyclic esters (lactones) is 1. The van der Waals surface area contributed by atoms with Gasteiger partial charge < -0.3 is 24.1 Å². The number of carbonyl (C=O) groups excluding carboxylic acids is 2. The molecule has 2 aliphatic heterocycles. The van der Waals surface area contributed by atoms with Gasteiger partial charge in [-0.15, -0.1) is 0 Å². The number of hydrogen-bond acceptors (Lipinski definition) is 7. The Balaban J connectivity index is 0.00000612. The van der Waals surface area contributed by atoms with Crippen LogP contribution in [0, 0.1) is 0 Å². The first-order valence-corrected chi connectivity index (χ1v) is 13.2. The molecule has 0 aromatic rings. The predicted molar refractivity (Wildman–Crippen MR) is 139 cm³/mol. The third-order valence-electron chi connectivity index (χ3n) is 6.15. The zero-order chi connectivity index (χ0) is 24.8. The van der Waals surface area contributed by atoms with Crippen LogP contribution >= 0.6 is 0 Å². The minimum absolute atomic E-state index is 0. The first kappa shape index (κ1) is 32.4. The van der Waals surface area contributed by atoms with Gasteiger partial charge in [0.05, 0.1) is 6.61 Å². The molecule has 0 spiro atoms. The quantitative estimate of drug-likeness (QED) is 0.117. The van der Waals surface area contributed by atoms with Crippen LogP contribution in [0.15, 0.2) is 23.7 Å². The Kier molecular flexibility index (Phi) is 16.5. The summed E-state index contributed by atoms with van der Waals surface area (Å²) in [6, 6.07) is 0. The zero-order valence-corrected chi connectivity index (χ0v) is 21.3. The number of aliphatic hydroxyl groups is 1. The van der Waals surface area contributed by atoms with E-state index in [9.17, 15) is 14.7 Å². The van der Waals surface area contributed by atoms with E-state index in [0.717, 1.165) is 25.7 Å². The normalized spacial score (nSPS) is 21.4. The van der Waals surface area contributed by atoms with Gasteiger partial charge in [-0.05, 0) is 46.0 Å². The van der Waals surface area contributed by atoms with Crippen molar-refractivity contribution in [1.29, 1.82) is 0 Å². The van der Waals surface area contributed by atoms with Crippen LogP contribution in [0.4, 0.5) is 0 Å². The molecule has 1 N–H and O–H groups in total. The van der Waals surface area contributed by atoms with Gasteiger partial charge in [0, 0.05) is 6.42 Å². The number of ether oxygens (including phenoxy) is 4. The summed E-state index contributed by atoms with van der Waals surface area (Å²) in [5.41, 5.74) is 0. The molecule has 0 aromatic carbocycles. The fourth-order valence-corrected chi connectivity index (χ4v) is 4.19. The van der Waals surface area contributed by atoms with E-state index >= 15 is 0 Å². The molecule has 0 aliphatic carbocycles. The molecular weight excluding hydrogens is 476 g/mol. The fourth-order valence-electron chi connectivity index (χ4n) is 4.19. The monoisotopic (exact) mass is 522 g/mol. The Bertz CT molecular complexity index is 702. The predicted octanol–water partition coefficient (Wildman–Crippen LogP) is 5.50. The van der Waals surface area contributed by atoms with E-state index in [-0.39, 0.29) is 56.5 Å². The first-order valence-electron chi connectivity index (χ1n) is 13.2. The van der Waals surface area contributed by atoms with Gasteiger partial charge in [0.25, 0.3) is 0 Å². The molecule has 198 valence electrons. The van der Waals surface area contributed by atoms with Crippen molar-refractivity contribution in [3.63, 3.8) is 0 Å². The average molecular weight is 523 g/mol. The first-order chi connectivity index (χ1) is 16.3. The fraction of sp³-hybridized carbons (Fsp3) is 0.778. The molecule has 7 nitrogen and oxygen atoms in total. The summed E-state index contributed by atoms with van der Waals surface area (Å²) in [5.74, 6) is -3.07. The Morgan fingerprint density at radius 2 is 1.57 bits per heavy atom. The van der Waals surface area contributed by atoms with Crippen molar-refractivity contribution in [2.24, 2.45) is 0 Å². The summed E-state index contributed by atoms with van der Waals surface area (Å²) in [5, 5.41) is 10.00. The van der Waals surface area contributed by atoms with Crippen molar-refractivity contribution in [2.75, 3.05) is 6.61 Å². The molecule has 1 saturated heterocycles. The molecule has 0 radical (unpaired) electrons. The summed E-state index contributed by atoms with van der Waals surface area (Å²) < 4.78 is 21.6. The average Bonchev–Trinajstić information content (AvgIpc) is 3.29. The van der Waals surface area contributed by atoms with Crippen molar-refractivity contribution in [3.8, 4) is 0 Å². The molecule has 8 heteroatoms. The number of rotatable bonds is 17. The van der Waals surface area contributed by atoms with Crippen molar-refractivity contribution < 1.29 is 33.6 Å². The summed E-state index contributed by atoms with van der Waals surface area (Å²) in [6.45, 7) is 5.90. The Labute approximate surface area is 241 Å². The maximum absolute atomic E-state index is 12.3. The summed E-state index contributed by atoms with van der Waals surface area (Å²) in [7, 11) is 0. The van der Waals surface area contributed by atoms with Crippen molar-refractivity contribution in [3.05, 3.63) is 23.7 Å². The molecule has 0 amide bonds. The summed E-state index contributed by atoms with van der Waals surface area (Å²) >= 11 is 0. The van der Waals surface area contributed by atoms with E-state index in [2.05, 4.69) is 19.1 Å².